The van der Waals surface area contributed by atoms with Crippen molar-refractivity contribution in [3.05, 3.63) is 33.3 Å². The molecule has 0 amide bonds. The molecule has 0 aromatic heterocycles. The summed E-state index contributed by atoms with van der Waals surface area (Å²) in [6, 6.07) is 7.22. The molecular formula is C11H12BrClN2O. The van der Waals surface area contributed by atoms with Gasteiger partial charge in [0.1, 0.15) is 6.04 Å². The fourth-order valence-electron chi connectivity index (χ4n) is 1.27. The Morgan fingerprint density at radius 1 is 1.62 bits per heavy atom. The van der Waals surface area contributed by atoms with Crippen molar-refractivity contribution in [2.24, 2.45) is 0 Å². The SMILES string of the molecule is COCCNC(C#N)c1ccc(Cl)cc1Br. The van der Waals surface area contributed by atoms with Crippen molar-refractivity contribution in [3.8, 4) is 6.07 Å². The molecule has 0 aliphatic rings. The van der Waals surface area contributed by atoms with Crippen molar-refractivity contribution < 1.29 is 4.74 Å². The standard InChI is InChI=1S/C11H12BrClN2O/c1-16-5-4-15-11(7-14)9-3-2-8(13)6-10(9)12/h2-3,6,11,15H,4-5H2,1H3. The van der Waals surface area contributed by atoms with Gasteiger partial charge in [0.15, 0.2) is 0 Å². The molecule has 1 unspecified atom stereocenters. The molecule has 1 rings (SSSR count). The number of hydrogen-bond donors (Lipinski definition) is 1. The molecule has 0 saturated heterocycles. The summed E-state index contributed by atoms with van der Waals surface area (Å²) < 4.78 is 5.75. The van der Waals surface area contributed by atoms with Gasteiger partial charge in [-0.05, 0) is 17.7 Å². The molecule has 1 N–H and O–H groups in total. The van der Waals surface area contributed by atoms with Crippen LogP contribution in [-0.2, 0) is 4.74 Å². The minimum Gasteiger partial charge on any atom is -0.383 e. The number of methoxy groups -OCH3 is 1. The maximum absolute atomic E-state index is 9.07. The molecule has 0 bridgehead atoms. The van der Waals surface area contributed by atoms with Gasteiger partial charge in [-0.1, -0.05) is 33.6 Å². The summed E-state index contributed by atoms with van der Waals surface area (Å²) in [6.07, 6.45) is 0. The van der Waals surface area contributed by atoms with E-state index in [9.17, 15) is 0 Å². The van der Waals surface area contributed by atoms with Gasteiger partial charge in [-0.15, -0.1) is 0 Å². The van der Waals surface area contributed by atoms with Crippen molar-refractivity contribution in [3.63, 3.8) is 0 Å². The van der Waals surface area contributed by atoms with E-state index in [1.54, 1.807) is 19.2 Å². The second kappa shape index (κ2) is 6.87. The van der Waals surface area contributed by atoms with Gasteiger partial charge in [-0.2, -0.15) is 5.26 Å². The van der Waals surface area contributed by atoms with Crippen molar-refractivity contribution in [1.82, 2.24) is 5.32 Å². The van der Waals surface area contributed by atoms with Gasteiger partial charge >= 0.3 is 0 Å². The molecule has 0 radical (unpaired) electrons. The van der Waals surface area contributed by atoms with Crippen LogP contribution in [0, 0.1) is 11.3 Å². The molecule has 1 aromatic carbocycles. The summed E-state index contributed by atoms with van der Waals surface area (Å²) in [5.74, 6) is 0. The highest BCUT2D eigenvalue weighted by molar-refractivity contribution is 9.10. The van der Waals surface area contributed by atoms with E-state index in [2.05, 4.69) is 27.3 Å². The molecule has 5 heteroatoms. The minimum absolute atomic E-state index is 0.359. The number of nitrogens with zero attached hydrogens (tertiary/aromatic N) is 1. The lowest BCUT2D eigenvalue weighted by molar-refractivity contribution is 0.198. The zero-order valence-corrected chi connectivity index (χ0v) is 11.2. The van der Waals surface area contributed by atoms with Crippen LogP contribution >= 0.6 is 27.5 Å². The van der Waals surface area contributed by atoms with E-state index in [4.69, 9.17) is 21.6 Å². The lowest BCUT2D eigenvalue weighted by Crippen LogP contribution is -2.24. The summed E-state index contributed by atoms with van der Waals surface area (Å²) in [5.41, 5.74) is 0.878. The van der Waals surface area contributed by atoms with Crippen molar-refractivity contribution >= 4 is 27.5 Å². The minimum atomic E-state index is -0.359. The molecular weight excluding hydrogens is 291 g/mol. The summed E-state index contributed by atoms with van der Waals surface area (Å²) in [5, 5.41) is 12.8. The van der Waals surface area contributed by atoms with Gasteiger partial charge in [-0.25, -0.2) is 0 Å². The summed E-state index contributed by atoms with van der Waals surface area (Å²) in [6.45, 7) is 1.20. The maximum atomic E-state index is 9.07. The second-order valence-corrected chi connectivity index (χ2v) is 4.47. The van der Waals surface area contributed by atoms with E-state index in [0.29, 0.717) is 18.2 Å². The molecule has 1 aromatic rings. The van der Waals surface area contributed by atoms with Gasteiger partial charge < -0.3 is 4.74 Å². The zero-order valence-electron chi connectivity index (χ0n) is 8.84. The lowest BCUT2D eigenvalue weighted by Gasteiger charge is -2.13. The monoisotopic (exact) mass is 302 g/mol. The summed E-state index contributed by atoms with van der Waals surface area (Å²) >= 11 is 9.23. The van der Waals surface area contributed by atoms with Crippen LogP contribution in [0.5, 0.6) is 0 Å². The smallest absolute Gasteiger partial charge is 0.122 e. The Kier molecular flexibility index (Phi) is 5.78. The molecule has 0 aliphatic carbocycles. The Balaban J connectivity index is 2.76. The van der Waals surface area contributed by atoms with Crippen molar-refractivity contribution in [2.75, 3.05) is 20.3 Å². The van der Waals surface area contributed by atoms with Gasteiger partial charge in [-0.3, -0.25) is 5.32 Å². The molecule has 1 atom stereocenters. The molecule has 0 heterocycles. The first-order chi connectivity index (χ1) is 7.69. The van der Waals surface area contributed by atoms with Crippen LogP contribution in [0.25, 0.3) is 0 Å². The second-order valence-electron chi connectivity index (χ2n) is 3.17. The molecule has 16 heavy (non-hydrogen) atoms. The zero-order chi connectivity index (χ0) is 12.0. The van der Waals surface area contributed by atoms with E-state index >= 15 is 0 Å². The Hall–Kier alpha value is -0.600. The predicted octanol–water partition coefficient (Wildman–Crippen LogP) is 2.90. The van der Waals surface area contributed by atoms with E-state index < -0.39 is 0 Å². The molecule has 86 valence electrons. The number of hydrogen-bond acceptors (Lipinski definition) is 3. The normalized spacial score (nSPS) is 12.1. The quantitative estimate of drug-likeness (QED) is 0.851. The molecule has 0 aliphatic heterocycles. The topological polar surface area (TPSA) is 45.0 Å². The number of nitriles is 1. The first kappa shape index (κ1) is 13.5. The Bertz CT molecular complexity index is 392. The van der Waals surface area contributed by atoms with Gasteiger partial charge in [0, 0.05) is 23.1 Å². The predicted molar refractivity (Wildman–Crippen MR) is 67.4 cm³/mol. The average molecular weight is 304 g/mol. The van der Waals surface area contributed by atoms with Crippen LogP contribution in [0.3, 0.4) is 0 Å². The van der Waals surface area contributed by atoms with Crippen LogP contribution in [0.2, 0.25) is 5.02 Å². The highest BCUT2D eigenvalue weighted by atomic mass is 79.9. The van der Waals surface area contributed by atoms with Crippen LogP contribution < -0.4 is 5.32 Å². The molecule has 3 nitrogen and oxygen atoms in total. The van der Waals surface area contributed by atoms with E-state index in [1.807, 2.05) is 6.07 Å². The fourth-order valence-corrected chi connectivity index (χ4v) is 2.18. The Morgan fingerprint density at radius 3 is 2.94 bits per heavy atom. The third-order valence-corrected chi connectivity index (χ3v) is 2.98. The first-order valence-electron chi connectivity index (χ1n) is 4.76. The highest BCUT2D eigenvalue weighted by Crippen LogP contribution is 2.26. The van der Waals surface area contributed by atoms with Crippen LogP contribution in [0.4, 0.5) is 0 Å². The van der Waals surface area contributed by atoms with Crippen LogP contribution in [0.1, 0.15) is 11.6 Å². The number of halogens is 2. The van der Waals surface area contributed by atoms with Gasteiger partial charge in [0.25, 0.3) is 0 Å². The van der Waals surface area contributed by atoms with E-state index in [0.717, 1.165) is 10.0 Å². The van der Waals surface area contributed by atoms with Crippen molar-refractivity contribution in [2.45, 2.75) is 6.04 Å². The first-order valence-corrected chi connectivity index (χ1v) is 5.93. The average Bonchev–Trinajstić information content (AvgIpc) is 2.26. The summed E-state index contributed by atoms with van der Waals surface area (Å²) in [4.78, 5) is 0. The number of rotatable bonds is 5. The highest BCUT2D eigenvalue weighted by Gasteiger charge is 2.12. The number of nitrogens with one attached hydrogen (secondary N) is 1. The number of benzene rings is 1. The van der Waals surface area contributed by atoms with Crippen LogP contribution in [0.15, 0.2) is 22.7 Å². The van der Waals surface area contributed by atoms with E-state index in [1.165, 1.54) is 0 Å². The summed E-state index contributed by atoms with van der Waals surface area (Å²) in [7, 11) is 1.63. The maximum Gasteiger partial charge on any atom is 0.122 e. The van der Waals surface area contributed by atoms with Gasteiger partial charge in [0.05, 0.1) is 12.7 Å². The number of ether oxygens (including phenoxy) is 1. The molecule has 0 spiro atoms. The van der Waals surface area contributed by atoms with E-state index in [-0.39, 0.29) is 6.04 Å². The Morgan fingerprint density at radius 2 is 2.38 bits per heavy atom. The van der Waals surface area contributed by atoms with Crippen molar-refractivity contribution in [1.29, 1.82) is 5.26 Å². The molecule has 0 fully saturated rings. The third kappa shape index (κ3) is 3.76. The third-order valence-electron chi connectivity index (χ3n) is 2.06. The fraction of sp³-hybridized carbons (Fsp3) is 0.364. The largest absolute Gasteiger partial charge is 0.383 e. The Labute approximate surface area is 108 Å². The van der Waals surface area contributed by atoms with Gasteiger partial charge in [0.2, 0.25) is 0 Å². The van der Waals surface area contributed by atoms with Crippen LogP contribution in [-0.4, -0.2) is 20.3 Å². The molecule has 0 saturated carbocycles. The lowest BCUT2D eigenvalue weighted by atomic mass is 10.1.